The summed E-state index contributed by atoms with van der Waals surface area (Å²) < 4.78 is 0. The minimum absolute atomic E-state index is 0.299. The van der Waals surface area contributed by atoms with Gasteiger partial charge in [0.2, 0.25) is 0 Å². The third-order valence-corrected chi connectivity index (χ3v) is 4.04. The van der Waals surface area contributed by atoms with Gasteiger partial charge in [0, 0.05) is 12.5 Å². The Balaban J connectivity index is 2.55. The van der Waals surface area contributed by atoms with Gasteiger partial charge in [0.25, 0.3) is 0 Å². The Kier molecular flexibility index (Phi) is 7.60. The van der Waals surface area contributed by atoms with Crippen molar-refractivity contribution >= 4 is 0 Å². The third kappa shape index (κ3) is 6.01. The molecule has 2 unspecified atom stereocenters. The summed E-state index contributed by atoms with van der Waals surface area (Å²) in [6.45, 7) is 5.08. The van der Waals surface area contributed by atoms with Crippen LogP contribution < -0.4 is 0 Å². The highest BCUT2D eigenvalue weighted by atomic mass is 16.3. The molecule has 1 fully saturated rings. The fourth-order valence-electron chi connectivity index (χ4n) is 2.94. The second-order valence-corrected chi connectivity index (χ2v) is 6.14. The molecule has 1 N–H and O–H groups in total. The van der Waals surface area contributed by atoms with Crippen LogP contribution in [0.2, 0.25) is 0 Å². The first-order chi connectivity index (χ1) is 8.61. The fourth-order valence-corrected chi connectivity index (χ4v) is 2.94. The number of rotatable bonds is 2. The van der Waals surface area contributed by atoms with Crippen LogP contribution in [0.1, 0.15) is 57.8 Å². The molecule has 0 heterocycles. The Labute approximate surface area is 113 Å². The molecule has 0 aromatic rings. The van der Waals surface area contributed by atoms with Crippen molar-refractivity contribution in [3.63, 3.8) is 0 Å². The molecule has 0 radical (unpaired) electrons. The average Bonchev–Trinajstić information content (AvgIpc) is 2.32. The van der Waals surface area contributed by atoms with E-state index in [2.05, 4.69) is 25.6 Å². The lowest BCUT2D eigenvalue weighted by Gasteiger charge is -2.28. The van der Waals surface area contributed by atoms with Crippen molar-refractivity contribution in [2.75, 3.05) is 20.6 Å². The Morgan fingerprint density at radius 3 is 2.22 bits per heavy atom. The molecule has 2 heteroatoms. The van der Waals surface area contributed by atoms with E-state index in [1.807, 2.05) is 0 Å². The molecule has 0 spiro atoms. The van der Waals surface area contributed by atoms with Crippen LogP contribution in [-0.2, 0) is 0 Å². The molecular formula is C16H31NO. The molecule has 0 aliphatic heterocycles. The zero-order chi connectivity index (χ0) is 13.4. The van der Waals surface area contributed by atoms with Gasteiger partial charge in [-0.1, -0.05) is 45.1 Å². The molecule has 1 rings (SSSR count). The highest BCUT2D eigenvalue weighted by molar-refractivity contribution is 5.04. The molecule has 2 nitrogen and oxygen atoms in total. The minimum Gasteiger partial charge on any atom is -0.388 e. The topological polar surface area (TPSA) is 23.5 Å². The van der Waals surface area contributed by atoms with Gasteiger partial charge in [0.1, 0.15) is 0 Å². The summed E-state index contributed by atoms with van der Waals surface area (Å²) in [5, 5.41) is 10.4. The molecule has 1 aliphatic carbocycles. The van der Waals surface area contributed by atoms with E-state index in [1.54, 1.807) is 0 Å². The Morgan fingerprint density at radius 2 is 1.61 bits per heavy atom. The van der Waals surface area contributed by atoms with Crippen LogP contribution in [0.5, 0.6) is 0 Å². The van der Waals surface area contributed by atoms with Gasteiger partial charge >= 0.3 is 0 Å². The van der Waals surface area contributed by atoms with Gasteiger partial charge in [-0.05, 0) is 38.9 Å². The number of aliphatic hydroxyl groups is 1. The molecule has 0 saturated heterocycles. The lowest BCUT2D eigenvalue weighted by atomic mass is 9.87. The molecule has 18 heavy (non-hydrogen) atoms. The van der Waals surface area contributed by atoms with Crippen molar-refractivity contribution in [2.24, 2.45) is 5.92 Å². The smallest absolute Gasteiger partial charge is 0.0787 e. The largest absolute Gasteiger partial charge is 0.388 e. The highest BCUT2D eigenvalue weighted by Crippen LogP contribution is 2.24. The maximum absolute atomic E-state index is 10.4. The van der Waals surface area contributed by atoms with Crippen molar-refractivity contribution in [3.05, 3.63) is 12.2 Å². The Bertz CT molecular complexity index is 237. The molecule has 0 amide bonds. The summed E-state index contributed by atoms with van der Waals surface area (Å²) in [5.41, 5.74) is 1.06. The minimum atomic E-state index is -0.299. The van der Waals surface area contributed by atoms with Gasteiger partial charge in [0.15, 0.2) is 0 Å². The van der Waals surface area contributed by atoms with Gasteiger partial charge in [-0.2, -0.15) is 0 Å². The van der Waals surface area contributed by atoms with Crippen molar-refractivity contribution in [1.82, 2.24) is 4.90 Å². The first-order valence-electron chi connectivity index (χ1n) is 7.61. The summed E-state index contributed by atoms with van der Waals surface area (Å²) in [6.07, 6.45) is 11.0. The van der Waals surface area contributed by atoms with E-state index in [4.69, 9.17) is 0 Å². The quantitative estimate of drug-likeness (QED) is 0.760. The van der Waals surface area contributed by atoms with E-state index in [-0.39, 0.29) is 6.10 Å². The van der Waals surface area contributed by atoms with Crippen molar-refractivity contribution in [2.45, 2.75) is 63.9 Å². The SMILES string of the molecule is C=C1CCCCCCCCCC(CN(C)C)C1O. The van der Waals surface area contributed by atoms with Crippen LogP contribution in [0, 0.1) is 5.92 Å². The van der Waals surface area contributed by atoms with E-state index in [0.717, 1.165) is 25.0 Å². The molecule has 0 bridgehead atoms. The summed E-state index contributed by atoms with van der Waals surface area (Å²) in [7, 11) is 4.18. The first kappa shape index (κ1) is 15.7. The fraction of sp³-hybridized carbons (Fsp3) is 0.875. The summed E-state index contributed by atoms with van der Waals surface area (Å²) in [6, 6.07) is 0. The molecule has 2 atom stereocenters. The molecule has 106 valence electrons. The second kappa shape index (κ2) is 8.71. The van der Waals surface area contributed by atoms with Crippen LogP contribution >= 0.6 is 0 Å². The molecule has 0 aromatic heterocycles. The van der Waals surface area contributed by atoms with Crippen LogP contribution in [0.25, 0.3) is 0 Å². The van der Waals surface area contributed by atoms with Gasteiger partial charge in [-0.25, -0.2) is 0 Å². The van der Waals surface area contributed by atoms with E-state index < -0.39 is 0 Å². The summed E-state index contributed by atoms with van der Waals surface area (Å²) >= 11 is 0. The molecular weight excluding hydrogens is 222 g/mol. The van der Waals surface area contributed by atoms with E-state index in [0.29, 0.717) is 5.92 Å². The molecule has 1 aliphatic rings. The lowest BCUT2D eigenvalue weighted by Crippen LogP contribution is -2.32. The third-order valence-electron chi connectivity index (χ3n) is 4.04. The highest BCUT2D eigenvalue weighted by Gasteiger charge is 2.22. The maximum Gasteiger partial charge on any atom is 0.0787 e. The number of nitrogens with zero attached hydrogens (tertiary/aromatic N) is 1. The summed E-state index contributed by atoms with van der Waals surface area (Å²) in [4.78, 5) is 2.19. The maximum atomic E-state index is 10.4. The van der Waals surface area contributed by atoms with E-state index >= 15 is 0 Å². The van der Waals surface area contributed by atoms with Crippen LogP contribution in [0.3, 0.4) is 0 Å². The monoisotopic (exact) mass is 253 g/mol. The van der Waals surface area contributed by atoms with Crippen molar-refractivity contribution in [1.29, 1.82) is 0 Å². The number of hydrogen-bond donors (Lipinski definition) is 1. The average molecular weight is 253 g/mol. The first-order valence-corrected chi connectivity index (χ1v) is 7.61. The zero-order valence-electron chi connectivity index (χ0n) is 12.3. The van der Waals surface area contributed by atoms with Gasteiger partial charge < -0.3 is 10.0 Å². The van der Waals surface area contributed by atoms with Gasteiger partial charge in [-0.3, -0.25) is 0 Å². The lowest BCUT2D eigenvalue weighted by molar-refractivity contribution is 0.109. The van der Waals surface area contributed by atoms with Gasteiger partial charge in [-0.15, -0.1) is 0 Å². The summed E-state index contributed by atoms with van der Waals surface area (Å²) in [5.74, 6) is 0.368. The number of aliphatic hydroxyl groups excluding tert-OH is 1. The van der Waals surface area contributed by atoms with Crippen LogP contribution in [-0.4, -0.2) is 36.8 Å². The normalized spacial score (nSPS) is 28.8. The number of hydrogen-bond acceptors (Lipinski definition) is 2. The standard InChI is InChI=1S/C16H31NO/c1-14-11-9-7-5-4-6-8-10-12-15(16(14)18)13-17(2)3/h15-16,18H,1,4-13H2,2-3H3. The molecule has 0 aromatic carbocycles. The predicted octanol–water partition coefficient (Wildman–Crippen LogP) is 3.61. The second-order valence-electron chi connectivity index (χ2n) is 6.14. The molecule has 1 saturated carbocycles. The Morgan fingerprint density at radius 1 is 1.06 bits per heavy atom. The van der Waals surface area contributed by atoms with Crippen LogP contribution in [0.4, 0.5) is 0 Å². The van der Waals surface area contributed by atoms with Gasteiger partial charge in [0.05, 0.1) is 6.10 Å². The van der Waals surface area contributed by atoms with E-state index in [9.17, 15) is 5.11 Å². The van der Waals surface area contributed by atoms with E-state index in [1.165, 1.54) is 44.9 Å². The Hall–Kier alpha value is -0.340. The zero-order valence-corrected chi connectivity index (χ0v) is 12.3. The van der Waals surface area contributed by atoms with Crippen molar-refractivity contribution in [3.8, 4) is 0 Å². The van der Waals surface area contributed by atoms with Crippen molar-refractivity contribution < 1.29 is 5.11 Å². The van der Waals surface area contributed by atoms with Crippen LogP contribution in [0.15, 0.2) is 12.2 Å². The predicted molar refractivity (Wildman–Crippen MR) is 78.7 cm³/mol.